The van der Waals surface area contributed by atoms with Crippen LogP contribution in [-0.4, -0.2) is 36.0 Å². The number of methoxy groups -OCH3 is 1. The van der Waals surface area contributed by atoms with Gasteiger partial charge in [-0.05, 0) is 5.92 Å². The summed E-state index contributed by atoms with van der Waals surface area (Å²) in [6, 6.07) is -0.717. The van der Waals surface area contributed by atoms with E-state index in [2.05, 4.69) is 14.8 Å². The number of carbonyl (C=O) groups is 2. The van der Waals surface area contributed by atoms with Gasteiger partial charge in [0.1, 0.15) is 6.04 Å². The Labute approximate surface area is 88.2 Å². The van der Waals surface area contributed by atoms with Gasteiger partial charge in [-0.2, -0.15) is 4.79 Å². The zero-order chi connectivity index (χ0) is 11.8. The summed E-state index contributed by atoms with van der Waals surface area (Å²) in [5, 5.41) is 2.40. The number of nitrogens with one attached hydrogen (secondary N) is 1. The molecule has 0 aromatic rings. The van der Waals surface area contributed by atoms with E-state index in [0.717, 1.165) is 6.42 Å². The average molecular weight is 213 g/mol. The van der Waals surface area contributed by atoms with Crippen LogP contribution in [0.3, 0.4) is 0 Å². The molecule has 1 amide bonds. The third-order valence-electron chi connectivity index (χ3n) is 2.14. The van der Waals surface area contributed by atoms with Crippen LogP contribution in [0.2, 0.25) is 0 Å². The van der Waals surface area contributed by atoms with Crippen LogP contribution in [0.25, 0.3) is 5.53 Å². The van der Waals surface area contributed by atoms with Gasteiger partial charge in [0.2, 0.25) is 0 Å². The number of carbonyl (C=O) groups excluding carboxylic acids is 2. The van der Waals surface area contributed by atoms with Crippen molar-refractivity contribution in [3.05, 3.63) is 5.53 Å². The lowest BCUT2D eigenvalue weighted by atomic mass is 9.99. The van der Waals surface area contributed by atoms with Crippen LogP contribution >= 0.6 is 0 Å². The van der Waals surface area contributed by atoms with Gasteiger partial charge in [-0.15, -0.1) is 0 Å². The molecule has 0 aliphatic carbocycles. The van der Waals surface area contributed by atoms with Crippen molar-refractivity contribution in [1.29, 1.82) is 0 Å². The summed E-state index contributed by atoms with van der Waals surface area (Å²) < 4.78 is 4.55. The number of ether oxygens (including phenoxy) is 1. The van der Waals surface area contributed by atoms with Crippen LogP contribution in [0.15, 0.2) is 0 Å². The molecule has 0 rings (SSSR count). The summed E-state index contributed by atoms with van der Waals surface area (Å²) in [7, 11) is 1.25. The molecule has 0 saturated carbocycles. The fourth-order valence-electron chi connectivity index (χ4n) is 1.04. The van der Waals surface area contributed by atoms with Crippen molar-refractivity contribution in [2.75, 3.05) is 7.11 Å². The van der Waals surface area contributed by atoms with Gasteiger partial charge < -0.3 is 15.6 Å². The zero-order valence-electron chi connectivity index (χ0n) is 9.06. The molecule has 0 aliphatic rings. The molecule has 0 radical (unpaired) electrons. The smallest absolute Gasteiger partial charge is 0.344 e. The van der Waals surface area contributed by atoms with Crippen molar-refractivity contribution in [2.45, 2.75) is 26.3 Å². The lowest BCUT2D eigenvalue weighted by Crippen LogP contribution is -2.46. The lowest BCUT2D eigenvalue weighted by Gasteiger charge is -2.19. The van der Waals surface area contributed by atoms with E-state index < -0.39 is 17.9 Å². The molecule has 0 bridgehead atoms. The summed E-state index contributed by atoms with van der Waals surface area (Å²) in [4.78, 5) is 24.9. The molecule has 15 heavy (non-hydrogen) atoms. The summed E-state index contributed by atoms with van der Waals surface area (Å²) >= 11 is 0. The van der Waals surface area contributed by atoms with Gasteiger partial charge in [0.15, 0.2) is 0 Å². The summed E-state index contributed by atoms with van der Waals surface area (Å²) in [5.74, 6) is -1.19. The topological polar surface area (TPSA) is 91.8 Å². The highest BCUT2D eigenvalue weighted by Crippen LogP contribution is 2.08. The molecule has 84 valence electrons. The minimum Gasteiger partial charge on any atom is -0.467 e. The second-order valence-corrected chi connectivity index (χ2v) is 3.14. The second-order valence-electron chi connectivity index (χ2n) is 3.14. The fourth-order valence-corrected chi connectivity index (χ4v) is 1.04. The molecule has 0 unspecified atom stereocenters. The zero-order valence-corrected chi connectivity index (χ0v) is 9.06. The highest BCUT2D eigenvalue weighted by atomic mass is 16.5. The monoisotopic (exact) mass is 213 g/mol. The molecule has 0 heterocycles. The molecule has 0 spiro atoms. The number of amides is 1. The second kappa shape index (κ2) is 6.73. The van der Waals surface area contributed by atoms with E-state index in [1.165, 1.54) is 7.11 Å². The van der Waals surface area contributed by atoms with Crippen LogP contribution in [-0.2, 0) is 14.3 Å². The van der Waals surface area contributed by atoms with E-state index >= 15 is 0 Å². The Morgan fingerprint density at radius 1 is 1.60 bits per heavy atom. The maximum atomic E-state index is 11.3. The van der Waals surface area contributed by atoms with Gasteiger partial charge >= 0.3 is 18.1 Å². The van der Waals surface area contributed by atoms with Crippen LogP contribution < -0.4 is 5.32 Å². The Kier molecular flexibility index (Phi) is 5.97. The molecule has 2 atom stereocenters. The summed E-state index contributed by atoms with van der Waals surface area (Å²) in [6.45, 7) is 3.71. The fraction of sp³-hybridized carbons (Fsp3) is 0.667. The van der Waals surface area contributed by atoms with Gasteiger partial charge in [0.05, 0.1) is 7.11 Å². The predicted octanol–water partition coefficient (Wildman–Crippen LogP) is -0.00910. The van der Waals surface area contributed by atoms with E-state index in [0.29, 0.717) is 6.21 Å². The molecule has 0 aliphatic heterocycles. The Hall–Kier alpha value is -1.68. The van der Waals surface area contributed by atoms with Crippen molar-refractivity contribution in [1.82, 2.24) is 5.32 Å². The maximum absolute atomic E-state index is 11.3. The largest absolute Gasteiger partial charge is 0.467 e. The standard InChI is InChI=1S/C9H15N3O3/c1-4-6(2)8(9(14)15-3)12-7(13)5-11-10/h5-6,8H,4H2,1-3H3,(H,12,13)/t6-,8-/m0/s1. The summed E-state index contributed by atoms with van der Waals surface area (Å²) in [6.07, 6.45) is 1.41. The van der Waals surface area contributed by atoms with Crippen LogP contribution in [0.4, 0.5) is 0 Å². The number of esters is 1. The molecule has 6 heteroatoms. The highest BCUT2D eigenvalue weighted by Gasteiger charge is 2.26. The van der Waals surface area contributed by atoms with E-state index in [1.54, 1.807) is 0 Å². The quantitative estimate of drug-likeness (QED) is 0.301. The third-order valence-corrected chi connectivity index (χ3v) is 2.14. The van der Waals surface area contributed by atoms with Crippen molar-refractivity contribution in [2.24, 2.45) is 5.92 Å². The van der Waals surface area contributed by atoms with Crippen LogP contribution in [0.5, 0.6) is 0 Å². The van der Waals surface area contributed by atoms with Gasteiger partial charge in [-0.1, -0.05) is 20.3 Å². The maximum Gasteiger partial charge on any atom is 0.344 e. The minimum atomic E-state index is -0.717. The first-order valence-corrected chi connectivity index (χ1v) is 4.62. The number of hydrogen-bond donors (Lipinski definition) is 1. The highest BCUT2D eigenvalue weighted by molar-refractivity contribution is 6.24. The van der Waals surface area contributed by atoms with Gasteiger partial charge in [-0.3, -0.25) is 4.79 Å². The lowest BCUT2D eigenvalue weighted by molar-refractivity contribution is -0.146. The first-order valence-electron chi connectivity index (χ1n) is 4.62. The molecule has 0 fully saturated rings. The van der Waals surface area contributed by atoms with Crippen molar-refractivity contribution >= 4 is 18.1 Å². The Bertz CT molecular complexity index is 284. The van der Waals surface area contributed by atoms with Crippen molar-refractivity contribution < 1.29 is 19.1 Å². The predicted molar refractivity (Wildman–Crippen MR) is 53.1 cm³/mol. The SMILES string of the molecule is CC[C@H](C)[C@H](NC(=O)C=[N+]=[N-])C(=O)OC. The van der Waals surface area contributed by atoms with Crippen LogP contribution in [0.1, 0.15) is 20.3 Å². The molecule has 0 aromatic carbocycles. The summed E-state index contributed by atoms with van der Waals surface area (Å²) in [5.41, 5.74) is 8.13. The van der Waals surface area contributed by atoms with E-state index in [9.17, 15) is 9.59 Å². The number of rotatable bonds is 5. The van der Waals surface area contributed by atoms with Gasteiger partial charge in [-0.25, -0.2) is 4.79 Å². The molecule has 6 nitrogen and oxygen atoms in total. The normalized spacial score (nSPS) is 13.3. The molecule has 1 N–H and O–H groups in total. The van der Waals surface area contributed by atoms with E-state index in [4.69, 9.17) is 5.53 Å². The first-order chi connectivity index (χ1) is 7.06. The minimum absolute atomic E-state index is 0.0477. The van der Waals surface area contributed by atoms with E-state index in [-0.39, 0.29) is 5.92 Å². The first kappa shape index (κ1) is 13.3. The average Bonchev–Trinajstić information content (AvgIpc) is 2.24. The molecule has 0 saturated heterocycles. The van der Waals surface area contributed by atoms with Crippen molar-refractivity contribution in [3.8, 4) is 0 Å². The Morgan fingerprint density at radius 3 is 2.60 bits per heavy atom. The van der Waals surface area contributed by atoms with Gasteiger partial charge in [0.25, 0.3) is 0 Å². The molecular formula is C9H15N3O3. The van der Waals surface area contributed by atoms with E-state index in [1.807, 2.05) is 13.8 Å². The van der Waals surface area contributed by atoms with Crippen LogP contribution in [0, 0.1) is 5.92 Å². The van der Waals surface area contributed by atoms with Gasteiger partial charge in [0, 0.05) is 0 Å². The number of nitrogens with zero attached hydrogens (tertiary/aromatic N) is 2. The molecule has 0 aromatic heterocycles. The number of hydrogen-bond acceptors (Lipinski definition) is 3. The Morgan fingerprint density at radius 2 is 2.20 bits per heavy atom. The Balaban J connectivity index is 4.57. The third kappa shape index (κ3) is 4.37. The van der Waals surface area contributed by atoms with Crippen molar-refractivity contribution in [3.63, 3.8) is 0 Å². The molecular weight excluding hydrogens is 198 g/mol.